The molecule has 1 aliphatic heterocycles. The number of hydrogen-bond donors (Lipinski definition) is 2. The molecule has 2 N–H and O–H groups in total. The predicted octanol–water partition coefficient (Wildman–Crippen LogP) is 1.65. The molecule has 0 amide bonds. The molecule has 0 spiro atoms. The maximum Gasteiger partial charge on any atom is 0.162 e. The lowest BCUT2D eigenvalue weighted by atomic mass is 10.1. The van der Waals surface area contributed by atoms with Gasteiger partial charge in [0.2, 0.25) is 0 Å². The van der Waals surface area contributed by atoms with Crippen molar-refractivity contribution in [3.63, 3.8) is 0 Å². The van der Waals surface area contributed by atoms with E-state index in [9.17, 15) is 5.11 Å². The number of hydrogen-bond acceptors (Lipinski definition) is 5. The second-order valence-corrected chi connectivity index (χ2v) is 6.33. The van der Waals surface area contributed by atoms with Gasteiger partial charge in [-0.3, -0.25) is 0 Å². The van der Waals surface area contributed by atoms with Crippen molar-refractivity contribution in [2.24, 2.45) is 0 Å². The first kappa shape index (κ1) is 16.0. The van der Waals surface area contributed by atoms with Crippen molar-refractivity contribution in [1.82, 2.24) is 29.9 Å². The predicted molar refractivity (Wildman–Crippen MR) is 94.1 cm³/mol. The molecular weight excluding hydrogens is 316 g/mol. The van der Waals surface area contributed by atoms with E-state index in [2.05, 4.69) is 20.6 Å². The lowest BCUT2D eigenvalue weighted by molar-refractivity contribution is 0.250. The summed E-state index contributed by atoms with van der Waals surface area (Å²) in [7, 11) is 0. The minimum absolute atomic E-state index is 0.00416. The van der Waals surface area contributed by atoms with E-state index in [-0.39, 0.29) is 12.6 Å². The van der Waals surface area contributed by atoms with Crippen LogP contribution in [0, 0.1) is 0 Å². The minimum atomic E-state index is -0.192. The van der Waals surface area contributed by atoms with Crippen molar-refractivity contribution in [3.8, 4) is 11.5 Å². The first-order valence-corrected chi connectivity index (χ1v) is 8.68. The average Bonchev–Trinajstić information content (AvgIpc) is 3.33. The van der Waals surface area contributed by atoms with Crippen LogP contribution in [0.25, 0.3) is 11.5 Å². The molecule has 2 aromatic heterocycles. The van der Waals surface area contributed by atoms with Crippen LogP contribution in [0.2, 0.25) is 0 Å². The summed E-state index contributed by atoms with van der Waals surface area (Å²) >= 11 is 0. The molecule has 1 atom stereocenters. The Kier molecular flexibility index (Phi) is 4.58. The van der Waals surface area contributed by atoms with Gasteiger partial charge >= 0.3 is 0 Å². The zero-order valence-electron chi connectivity index (χ0n) is 14.0. The fraction of sp³-hybridized carbons (Fsp3) is 0.389. The highest BCUT2D eigenvalue weighted by Gasteiger charge is 2.21. The maximum absolute atomic E-state index is 9.93. The number of aliphatic hydroxyl groups is 1. The number of piperidine rings is 1. The van der Waals surface area contributed by atoms with Gasteiger partial charge in [-0.15, -0.1) is 5.10 Å². The van der Waals surface area contributed by atoms with E-state index in [1.165, 1.54) is 0 Å². The van der Waals surface area contributed by atoms with Gasteiger partial charge in [0.1, 0.15) is 5.69 Å². The van der Waals surface area contributed by atoms with Gasteiger partial charge < -0.3 is 15.0 Å². The maximum atomic E-state index is 9.93. The van der Waals surface area contributed by atoms with Gasteiger partial charge in [0.15, 0.2) is 5.82 Å². The SMILES string of the molecule is OCC(c1ccccc1)n1ccnc1-c1cn(C2CCNCC2)nn1. The molecule has 1 aliphatic rings. The van der Waals surface area contributed by atoms with E-state index in [1.807, 2.05) is 52.0 Å². The van der Waals surface area contributed by atoms with Crippen molar-refractivity contribution >= 4 is 0 Å². The van der Waals surface area contributed by atoms with Crippen molar-refractivity contribution in [2.75, 3.05) is 19.7 Å². The highest BCUT2D eigenvalue weighted by Crippen LogP contribution is 2.25. The van der Waals surface area contributed by atoms with Crippen molar-refractivity contribution < 1.29 is 5.11 Å². The van der Waals surface area contributed by atoms with Gasteiger partial charge in [-0.25, -0.2) is 9.67 Å². The van der Waals surface area contributed by atoms with E-state index in [0.29, 0.717) is 6.04 Å². The Morgan fingerprint density at radius 2 is 2.00 bits per heavy atom. The summed E-state index contributed by atoms with van der Waals surface area (Å²) in [4.78, 5) is 4.46. The van der Waals surface area contributed by atoms with Gasteiger partial charge in [-0.2, -0.15) is 0 Å². The Labute approximate surface area is 146 Å². The summed E-state index contributed by atoms with van der Waals surface area (Å²) in [6.45, 7) is 2.01. The molecule has 130 valence electrons. The third kappa shape index (κ3) is 3.20. The highest BCUT2D eigenvalue weighted by atomic mass is 16.3. The Bertz CT molecular complexity index is 806. The summed E-state index contributed by atoms with van der Waals surface area (Å²) in [5.74, 6) is 0.725. The number of imidazole rings is 1. The van der Waals surface area contributed by atoms with Gasteiger partial charge in [-0.05, 0) is 31.5 Å². The van der Waals surface area contributed by atoms with Gasteiger partial charge in [-0.1, -0.05) is 35.5 Å². The van der Waals surface area contributed by atoms with E-state index >= 15 is 0 Å². The molecule has 7 heteroatoms. The number of benzene rings is 1. The van der Waals surface area contributed by atoms with Gasteiger partial charge in [0, 0.05) is 12.4 Å². The first-order chi connectivity index (χ1) is 12.4. The highest BCUT2D eigenvalue weighted by molar-refractivity contribution is 5.48. The molecule has 3 aromatic rings. The molecule has 1 saturated heterocycles. The molecule has 0 radical (unpaired) electrons. The molecule has 7 nitrogen and oxygen atoms in total. The summed E-state index contributed by atoms with van der Waals surface area (Å²) in [6, 6.07) is 10.1. The van der Waals surface area contributed by atoms with Crippen LogP contribution in [0.15, 0.2) is 48.9 Å². The third-order valence-corrected chi connectivity index (χ3v) is 4.78. The standard InChI is InChI=1S/C18H22N6O/c25-13-17(14-4-2-1-3-5-14)23-11-10-20-18(23)16-12-24(22-21-16)15-6-8-19-9-7-15/h1-5,10-12,15,17,19,25H,6-9,13H2. The zero-order chi connectivity index (χ0) is 17.1. The fourth-order valence-electron chi connectivity index (χ4n) is 3.42. The number of nitrogens with zero attached hydrogens (tertiary/aromatic N) is 5. The Morgan fingerprint density at radius 3 is 2.76 bits per heavy atom. The molecular formula is C18H22N6O. The summed E-state index contributed by atoms with van der Waals surface area (Å²) < 4.78 is 3.91. The minimum Gasteiger partial charge on any atom is -0.394 e. The smallest absolute Gasteiger partial charge is 0.162 e. The van der Waals surface area contributed by atoms with E-state index in [0.717, 1.165) is 43.0 Å². The Balaban J connectivity index is 1.64. The summed E-state index contributed by atoms with van der Waals surface area (Å²) in [6.07, 6.45) is 7.70. The summed E-state index contributed by atoms with van der Waals surface area (Å²) in [5.41, 5.74) is 1.77. The molecule has 25 heavy (non-hydrogen) atoms. The molecule has 0 bridgehead atoms. The van der Waals surface area contributed by atoms with E-state index in [1.54, 1.807) is 6.20 Å². The number of aromatic nitrogens is 5. The van der Waals surface area contributed by atoms with Gasteiger partial charge in [0.25, 0.3) is 0 Å². The molecule has 1 unspecified atom stereocenters. The lowest BCUT2D eigenvalue weighted by Crippen LogP contribution is -2.29. The Morgan fingerprint density at radius 1 is 1.20 bits per heavy atom. The van der Waals surface area contributed by atoms with Crippen molar-refractivity contribution in [1.29, 1.82) is 0 Å². The molecule has 4 rings (SSSR count). The second kappa shape index (κ2) is 7.16. The molecule has 1 fully saturated rings. The van der Waals surface area contributed by atoms with E-state index in [4.69, 9.17) is 0 Å². The normalized spacial score (nSPS) is 16.8. The molecule has 0 saturated carbocycles. The monoisotopic (exact) mass is 338 g/mol. The van der Waals surface area contributed by atoms with Crippen LogP contribution in [0.1, 0.15) is 30.5 Å². The van der Waals surface area contributed by atoms with Crippen molar-refractivity contribution in [2.45, 2.75) is 24.9 Å². The third-order valence-electron chi connectivity index (χ3n) is 4.78. The second-order valence-electron chi connectivity index (χ2n) is 6.33. The van der Waals surface area contributed by atoms with Crippen molar-refractivity contribution in [3.05, 3.63) is 54.5 Å². The van der Waals surface area contributed by atoms with Crippen LogP contribution in [0.3, 0.4) is 0 Å². The number of rotatable bonds is 5. The number of nitrogens with one attached hydrogen (secondary N) is 1. The Hall–Kier alpha value is -2.51. The zero-order valence-corrected chi connectivity index (χ0v) is 14.0. The van der Waals surface area contributed by atoms with Gasteiger partial charge in [0.05, 0.1) is 24.9 Å². The van der Waals surface area contributed by atoms with Crippen LogP contribution in [-0.4, -0.2) is 49.3 Å². The quantitative estimate of drug-likeness (QED) is 0.739. The fourth-order valence-corrected chi connectivity index (χ4v) is 3.42. The van der Waals surface area contributed by atoms with Crippen LogP contribution < -0.4 is 5.32 Å². The number of aliphatic hydroxyl groups excluding tert-OH is 1. The summed E-state index contributed by atoms with van der Waals surface area (Å²) in [5, 5.41) is 21.9. The van der Waals surface area contributed by atoms with Crippen LogP contribution in [0.4, 0.5) is 0 Å². The van der Waals surface area contributed by atoms with E-state index < -0.39 is 0 Å². The largest absolute Gasteiger partial charge is 0.394 e. The molecule has 3 heterocycles. The average molecular weight is 338 g/mol. The molecule has 0 aliphatic carbocycles. The lowest BCUT2D eigenvalue weighted by Gasteiger charge is -2.22. The molecule has 1 aromatic carbocycles. The van der Waals surface area contributed by atoms with Crippen LogP contribution >= 0.6 is 0 Å². The van der Waals surface area contributed by atoms with Crippen LogP contribution in [-0.2, 0) is 0 Å². The first-order valence-electron chi connectivity index (χ1n) is 8.68. The topological polar surface area (TPSA) is 80.8 Å². The van der Waals surface area contributed by atoms with Crippen LogP contribution in [0.5, 0.6) is 0 Å².